The van der Waals surface area contributed by atoms with Gasteiger partial charge >= 0.3 is 5.97 Å². The van der Waals surface area contributed by atoms with Crippen LogP contribution >= 0.6 is 0 Å². The summed E-state index contributed by atoms with van der Waals surface area (Å²) in [6.07, 6.45) is 3.40. The van der Waals surface area contributed by atoms with Crippen LogP contribution in [0.15, 0.2) is 73.1 Å². The Labute approximate surface area is 143 Å². The van der Waals surface area contributed by atoms with Crippen molar-refractivity contribution in [2.24, 2.45) is 0 Å². The number of aromatic carboxylic acids is 1. The molecule has 2 aromatic carbocycles. The third-order valence-electron chi connectivity index (χ3n) is 3.91. The zero-order valence-electron chi connectivity index (χ0n) is 13.1. The molecular weight excluding hydrogens is 314 g/mol. The fourth-order valence-corrected chi connectivity index (χ4v) is 2.70. The van der Waals surface area contributed by atoms with E-state index in [1.807, 2.05) is 42.5 Å². The van der Waals surface area contributed by atoms with Crippen molar-refractivity contribution < 1.29 is 9.90 Å². The van der Waals surface area contributed by atoms with Crippen LogP contribution in [0.1, 0.15) is 10.4 Å². The lowest BCUT2D eigenvalue weighted by Gasteiger charge is -2.10. The van der Waals surface area contributed by atoms with E-state index in [0.717, 1.165) is 16.8 Å². The number of aromatic nitrogens is 3. The molecule has 2 heterocycles. The Morgan fingerprint density at radius 1 is 0.760 bits per heavy atom. The monoisotopic (exact) mass is 327 g/mol. The smallest absolute Gasteiger partial charge is 0.335 e. The van der Waals surface area contributed by atoms with Gasteiger partial charge in [0.2, 0.25) is 0 Å². The second kappa shape index (κ2) is 6.13. The van der Waals surface area contributed by atoms with Crippen molar-refractivity contribution in [3.8, 4) is 22.5 Å². The topological polar surface area (TPSA) is 76.0 Å². The van der Waals surface area contributed by atoms with Crippen LogP contribution in [0.5, 0.6) is 0 Å². The van der Waals surface area contributed by atoms with E-state index in [-0.39, 0.29) is 5.56 Å². The van der Waals surface area contributed by atoms with Crippen LogP contribution < -0.4 is 0 Å². The highest BCUT2D eigenvalue weighted by Crippen LogP contribution is 2.30. The van der Waals surface area contributed by atoms with Gasteiger partial charge in [0.05, 0.1) is 28.0 Å². The number of carboxylic acids is 1. The van der Waals surface area contributed by atoms with Gasteiger partial charge in [-0.1, -0.05) is 30.3 Å². The highest BCUT2D eigenvalue weighted by molar-refractivity contribution is 5.93. The number of hydrogen-bond acceptors (Lipinski definition) is 4. The van der Waals surface area contributed by atoms with Gasteiger partial charge in [-0.3, -0.25) is 4.98 Å². The molecule has 4 rings (SSSR count). The van der Waals surface area contributed by atoms with E-state index in [9.17, 15) is 9.90 Å². The molecule has 0 fully saturated rings. The molecule has 4 aromatic rings. The van der Waals surface area contributed by atoms with Crippen molar-refractivity contribution in [3.63, 3.8) is 0 Å². The molecule has 5 nitrogen and oxygen atoms in total. The van der Waals surface area contributed by atoms with E-state index in [1.165, 1.54) is 0 Å². The van der Waals surface area contributed by atoms with Crippen LogP contribution in [0, 0.1) is 0 Å². The number of benzene rings is 2. The molecule has 0 saturated heterocycles. The molecule has 0 aliphatic heterocycles. The predicted molar refractivity (Wildman–Crippen MR) is 95.2 cm³/mol. The van der Waals surface area contributed by atoms with Gasteiger partial charge in [-0.15, -0.1) is 0 Å². The normalized spacial score (nSPS) is 10.7. The summed E-state index contributed by atoms with van der Waals surface area (Å²) in [6.45, 7) is 0. The Hall–Kier alpha value is -3.60. The number of carboxylic acid groups (broad SMARTS) is 1. The second-order valence-electron chi connectivity index (χ2n) is 5.53. The number of carbonyl (C=O) groups is 1. The highest BCUT2D eigenvalue weighted by atomic mass is 16.4. The fraction of sp³-hybridized carbons (Fsp3) is 0. The second-order valence-corrected chi connectivity index (χ2v) is 5.53. The quantitative estimate of drug-likeness (QED) is 0.614. The van der Waals surface area contributed by atoms with Gasteiger partial charge in [-0.25, -0.2) is 14.8 Å². The van der Waals surface area contributed by atoms with Gasteiger partial charge in [0.25, 0.3) is 0 Å². The first-order valence-electron chi connectivity index (χ1n) is 7.73. The SMILES string of the molecule is O=C(O)c1ccc2nc(-c3ccccc3)c(-c3ccncc3)nc2c1. The van der Waals surface area contributed by atoms with Crippen molar-refractivity contribution in [1.82, 2.24) is 15.0 Å². The fourth-order valence-electron chi connectivity index (χ4n) is 2.70. The zero-order valence-corrected chi connectivity index (χ0v) is 13.1. The van der Waals surface area contributed by atoms with Gasteiger partial charge < -0.3 is 5.11 Å². The predicted octanol–water partition coefficient (Wildman–Crippen LogP) is 4.06. The van der Waals surface area contributed by atoms with Crippen LogP contribution in [0.3, 0.4) is 0 Å². The van der Waals surface area contributed by atoms with E-state index in [1.54, 1.807) is 30.6 Å². The summed E-state index contributed by atoms with van der Waals surface area (Å²) in [5.41, 5.74) is 4.67. The minimum absolute atomic E-state index is 0.190. The number of rotatable bonds is 3. The molecule has 0 spiro atoms. The van der Waals surface area contributed by atoms with Gasteiger partial charge in [0, 0.05) is 23.5 Å². The van der Waals surface area contributed by atoms with Crippen LogP contribution in [0.2, 0.25) is 0 Å². The summed E-state index contributed by atoms with van der Waals surface area (Å²) in [4.78, 5) is 24.7. The van der Waals surface area contributed by atoms with Crippen molar-refractivity contribution in [1.29, 1.82) is 0 Å². The maximum absolute atomic E-state index is 11.2. The van der Waals surface area contributed by atoms with Gasteiger partial charge in [0.15, 0.2) is 0 Å². The minimum atomic E-state index is -0.985. The Balaban J connectivity index is 2.02. The summed E-state index contributed by atoms with van der Waals surface area (Å²) in [7, 11) is 0. The summed E-state index contributed by atoms with van der Waals surface area (Å²) in [6, 6.07) is 18.3. The molecule has 0 unspecified atom stereocenters. The molecule has 120 valence electrons. The lowest BCUT2D eigenvalue weighted by Crippen LogP contribution is -1.99. The summed E-state index contributed by atoms with van der Waals surface area (Å²) >= 11 is 0. The molecule has 0 amide bonds. The maximum Gasteiger partial charge on any atom is 0.335 e. The summed E-state index contributed by atoms with van der Waals surface area (Å²) in [5.74, 6) is -0.985. The average Bonchev–Trinajstić information content (AvgIpc) is 2.68. The molecule has 25 heavy (non-hydrogen) atoms. The largest absolute Gasteiger partial charge is 0.478 e. The van der Waals surface area contributed by atoms with Gasteiger partial charge in [-0.05, 0) is 30.3 Å². The molecule has 0 atom stereocenters. The average molecular weight is 327 g/mol. The number of hydrogen-bond donors (Lipinski definition) is 1. The number of nitrogens with zero attached hydrogens (tertiary/aromatic N) is 3. The maximum atomic E-state index is 11.2. The Bertz CT molecular complexity index is 1060. The molecule has 0 aliphatic carbocycles. The van der Waals surface area contributed by atoms with E-state index < -0.39 is 5.97 Å². The Kier molecular flexibility index (Phi) is 3.67. The molecule has 1 N–H and O–H groups in total. The summed E-state index contributed by atoms with van der Waals surface area (Å²) < 4.78 is 0. The van der Waals surface area contributed by atoms with Gasteiger partial charge in [-0.2, -0.15) is 0 Å². The van der Waals surface area contributed by atoms with Gasteiger partial charge in [0.1, 0.15) is 0 Å². The van der Waals surface area contributed by atoms with E-state index in [2.05, 4.69) is 4.98 Å². The molecule has 2 aromatic heterocycles. The molecule has 0 radical (unpaired) electrons. The molecular formula is C20H13N3O2. The van der Waals surface area contributed by atoms with E-state index in [0.29, 0.717) is 16.7 Å². The minimum Gasteiger partial charge on any atom is -0.478 e. The summed E-state index contributed by atoms with van der Waals surface area (Å²) in [5, 5.41) is 9.21. The van der Waals surface area contributed by atoms with Crippen molar-refractivity contribution >= 4 is 17.0 Å². The Morgan fingerprint density at radius 2 is 1.40 bits per heavy atom. The van der Waals surface area contributed by atoms with Crippen molar-refractivity contribution in [3.05, 3.63) is 78.6 Å². The van der Waals surface area contributed by atoms with Crippen molar-refractivity contribution in [2.75, 3.05) is 0 Å². The van der Waals surface area contributed by atoms with Crippen LogP contribution in [-0.4, -0.2) is 26.0 Å². The van der Waals surface area contributed by atoms with Crippen LogP contribution in [0.25, 0.3) is 33.5 Å². The number of fused-ring (bicyclic) bond motifs is 1. The van der Waals surface area contributed by atoms with E-state index in [4.69, 9.17) is 9.97 Å². The molecule has 0 bridgehead atoms. The lowest BCUT2D eigenvalue weighted by molar-refractivity contribution is 0.0697. The standard InChI is InChI=1S/C20H13N3O2/c24-20(25)15-6-7-16-17(12-15)23-19(14-8-10-21-11-9-14)18(22-16)13-4-2-1-3-5-13/h1-12H,(H,24,25). The van der Waals surface area contributed by atoms with Crippen molar-refractivity contribution in [2.45, 2.75) is 0 Å². The first-order chi connectivity index (χ1) is 12.2. The molecule has 5 heteroatoms. The third kappa shape index (κ3) is 2.83. The third-order valence-corrected chi connectivity index (χ3v) is 3.91. The van der Waals surface area contributed by atoms with E-state index >= 15 is 0 Å². The number of pyridine rings is 1. The lowest BCUT2D eigenvalue weighted by atomic mass is 10.0. The highest BCUT2D eigenvalue weighted by Gasteiger charge is 2.14. The molecule has 0 saturated carbocycles. The Morgan fingerprint density at radius 3 is 2.08 bits per heavy atom. The first-order valence-corrected chi connectivity index (χ1v) is 7.73. The zero-order chi connectivity index (χ0) is 17.2. The van der Waals surface area contributed by atoms with Crippen LogP contribution in [0.4, 0.5) is 0 Å². The van der Waals surface area contributed by atoms with Crippen LogP contribution in [-0.2, 0) is 0 Å². The first kappa shape index (κ1) is 15.0. The molecule has 0 aliphatic rings.